The molecule has 0 spiro atoms. The van der Waals surface area contributed by atoms with Crippen LogP contribution < -0.4 is 10.1 Å². The number of nitrogens with zero attached hydrogens (tertiary/aromatic N) is 1. The first-order valence-corrected chi connectivity index (χ1v) is 7.82. The molecule has 1 saturated heterocycles. The lowest BCUT2D eigenvalue weighted by atomic mass is 10.1. The number of anilines is 1. The number of rotatable bonds is 3. The fourth-order valence-corrected chi connectivity index (χ4v) is 2.97. The summed E-state index contributed by atoms with van der Waals surface area (Å²) < 4.78 is 5.08. The second-order valence-corrected chi connectivity index (χ2v) is 5.82. The first-order chi connectivity index (χ1) is 10.1. The maximum atomic E-state index is 12.3. The zero-order valence-corrected chi connectivity index (χ0v) is 12.6. The van der Waals surface area contributed by atoms with Crippen LogP contribution in [0.5, 0.6) is 5.75 Å². The quantitative estimate of drug-likeness (QED) is 0.896. The van der Waals surface area contributed by atoms with E-state index in [1.165, 1.54) is 19.2 Å². The number of carbonyl (C=O) groups excluding carboxylic acids is 1. The van der Waals surface area contributed by atoms with Crippen molar-refractivity contribution in [2.45, 2.75) is 6.42 Å². The van der Waals surface area contributed by atoms with Crippen molar-refractivity contribution in [1.82, 2.24) is 4.90 Å². The summed E-state index contributed by atoms with van der Waals surface area (Å²) >= 11 is 1.82. The van der Waals surface area contributed by atoms with Crippen LogP contribution in [-0.4, -0.2) is 53.7 Å². The molecule has 2 N–H and O–H groups in total. The molecule has 0 aliphatic carbocycles. The van der Waals surface area contributed by atoms with Crippen molar-refractivity contribution >= 4 is 29.4 Å². The molecule has 0 saturated carbocycles. The van der Waals surface area contributed by atoms with Gasteiger partial charge in [0.05, 0.1) is 18.4 Å². The molecule has 0 unspecified atom stereocenters. The number of nitrogens with one attached hydrogen (secondary N) is 1. The molecule has 0 radical (unpaired) electrons. The highest BCUT2D eigenvalue weighted by Gasteiger charge is 2.19. The normalized spacial score (nSPS) is 15.2. The summed E-state index contributed by atoms with van der Waals surface area (Å²) in [5, 5.41) is 11.9. The molecule has 1 aromatic carbocycles. The van der Waals surface area contributed by atoms with Gasteiger partial charge in [-0.2, -0.15) is 11.8 Å². The molecule has 2 amide bonds. The second kappa shape index (κ2) is 7.21. The van der Waals surface area contributed by atoms with Gasteiger partial charge in [0, 0.05) is 24.9 Å². The van der Waals surface area contributed by atoms with Gasteiger partial charge in [0.25, 0.3) is 0 Å². The molecule has 114 valence electrons. The van der Waals surface area contributed by atoms with E-state index in [0.29, 0.717) is 18.8 Å². The Morgan fingerprint density at radius 1 is 1.33 bits per heavy atom. The fourth-order valence-electron chi connectivity index (χ4n) is 2.08. The molecule has 21 heavy (non-hydrogen) atoms. The number of thioether (sulfide) groups is 1. The van der Waals surface area contributed by atoms with Crippen LogP contribution in [0.4, 0.5) is 10.5 Å². The summed E-state index contributed by atoms with van der Waals surface area (Å²) in [5.41, 5.74) is 0.303. The lowest BCUT2D eigenvalue weighted by molar-refractivity contribution is 0.0698. The van der Waals surface area contributed by atoms with Gasteiger partial charge in [-0.3, -0.25) is 0 Å². The predicted octanol–water partition coefficient (Wildman–Crippen LogP) is 2.36. The molecular weight excluding hydrogens is 292 g/mol. The molecule has 1 heterocycles. The highest BCUT2D eigenvalue weighted by molar-refractivity contribution is 7.99. The first-order valence-electron chi connectivity index (χ1n) is 6.67. The minimum Gasteiger partial charge on any atom is -0.497 e. The van der Waals surface area contributed by atoms with Crippen LogP contribution in [0.25, 0.3) is 0 Å². The Labute approximate surface area is 127 Å². The monoisotopic (exact) mass is 310 g/mol. The number of methoxy groups -OCH3 is 1. The van der Waals surface area contributed by atoms with Gasteiger partial charge in [0.1, 0.15) is 5.75 Å². The Bertz CT molecular complexity index is 528. The summed E-state index contributed by atoms with van der Waals surface area (Å²) in [5.74, 6) is 1.36. The van der Waals surface area contributed by atoms with Gasteiger partial charge in [0.2, 0.25) is 0 Å². The maximum absolute atomic E-state index is 12.3. The number of carboxylic acids is 1. The molecule has 1 aliphatic heterocycles. The maximum Gasteiger partial charge on any atom is 0.337 e. The number of hydrogen-bond donors (Lipinski definition) is 2. The van der Waals surface area contributed by atoms with E-state index in [-0.39, 0.29) is 17.3 Å². The van der Waals surface area contributed by atoms with Gasteiger partial charge < -0.3 is 20.1 Å². The zero-order valence-electron chi connectivity index (χ0n) is 11.8. The van der Waals surface area contributed by atoms with Crippen LogP contribution in [-0.2, 0) is 0 Å². The predicted molar refractivity (Wildman–Crippen MR) is 82.5 cm³/mol. The Morgan fingerprint density at radius 3 is 2.86 bits per heavy atom. The van der Waals surface area contributed by atoms with Crippen molar-refractivity contribution in [1.29, 1.82) is 0 Å². The Hall–Kier alpha value is -1.89. The van der Waals surface area contributed by atoms with Gasteiger partial charge >= 0.3 is 12.0 Å². The Kier molecular flexibility index (Phi) is 5.32. The Morgan fingerprint density at radius 2 is 2.14 bits per heavy atom. The van der Waals surface area contributed by atoms with E-state index in [1.807, 2.05) is 11.8 Å². The van der Waals surface area contributed by atoms with Crippen molar-refractivity contribution in [3.05, 3.63) is 23.8 Å². The highest BCUT2D eigenvalue weighted by Crippen LogP contribution is 2.23. The molecule has 0 atom stereocenters. The van der Waals surface area contributed by atoms with Crippen molar-refractivity contribution < 1.29 is 19.4 Å². The van der Waals surface area contributed by atoms with Crippen LogP contribution >= 0.6 is 11.8 Å². The average molecular weight is 310 g/mol. The minimum atomic E-state index is -1.08. The first kappa shape index (κ1) is 15.5. The van der Waals surface area contributed by atoms with E-state index in [1.54, 1.807) is 11.0 Å². The van der Waals surface area contributed by atoms with Crippen molar-refractivity contribution in [2.24, 2.45) is 0 Å². The fraction of sp³-hybridized carbons (Fsp3) is 0.429. The number of hydrogen-bond acceptors (Lipinski definition) is 4. The number of benzene rings is 1. The van der Waals surface area contributed by atoms with E-state index in [9.17, 15) is 14.7 Å². The minimum absolute atomic E-state index is 0.0494. The SMILES string of the molecule is COc1ccc(C(=O)O)c(NC(=O)N2CCCSCC2)c1. The van der Waals surface area contributed by atoms with Crippen LogP contribution in [0.3, 0.4) is 0 Å². The molecular formula is C14H18N2O4S. The Balaban J connectivity index is 2.16. The standard InChI is InChI=1S/C14H18N2O4S/c1-20-10-3-4-11(13(17)18)12(9-10)15-14(19)16-5-2-7-21-8-6-16/h3-4,9H,2,5-8H2,1H3,(H,15,19)(H,17,18). The summed E-state index contributed by atoms with van der Waals surface area (Å²) in [6.45, 7) is 1.36. The van der Waals surface area contributed by atoms with Gasteiger partial charge in [-0.05, 0) is 24.3 Å². The van der Waals surface area contributed by atoms with Crippen LogP contribution in [0.1, 0.15) is 16.8 Å². The number of urea groups is 1. The van der Waals surface area contributed by atoms with Gasteiger partial charge in [-0.1, -0.05) is 0 Å². The number of ether oxygens (including phenoxy) is 1. The molecule has 2 rings (SSSR count). The van der Waals surface area contributed by atoms with E-state index < -0.39 is 5.97 Å². The van der Waals surface area contributed by atoms with E-state index in [2.05, 4.69) is 5.32 Å². The van der Waals surface area contributed by atoms with Crippen LogP contribution in [0, 0.1) is 0 Å². The lowest BCUT2D eigenvalue weighted by Gasteiger charge is -2.21. The van der Waals surface area contributed by atoms with Crippen molar-refractivity contribution in [3.8, 4) is 5.75 Å². The number of aromatic carboxylic acids is 1. The third-order valence-corrected chi connectivity index (χ3v) is 4.26. The van der Waals surface area contributed by atoms with Crippen molar-refractivity contribution in [3.63, 3.8) is 0 Å². The van der Waals surface area contributed by atoms with Gasteiger partial charge in [0.15, 0.2) is 0 Å². The smallest absolute Gasteiger partial charge is 0.337 e. The highest BCUT2D eigenvalue weighted by atomic mass is 32.2. The third-order valence-electron chi connectivity index (χ3n) is 3.21. The van der Waals surface area contributed by atoms with Gasteiger partial charge in [-0.25, -0.2) is 9.59 Å². The molecule has 0 bridgehead atoms. The molecule has 0 aromatic heterocycles. The lowest BCUT2D eigenvalue weighted by Crippen LogP contribution is -2.36. The summed E-state index contributed by atoms with van der Waals surface area (Å²) in [6.07, 6.45) is 0.946. The van der Waals surface area contributed by atoms with E-state index in [4.69, 9.17) is 4.74 Å². The van der Waals surface area contributed by atoms with E-state index in [0.717, 1.165) is 17.9 Å². The zero-order chi connectivity index (χ0) is 15.2. The summed E-state index contributed by atoms with van der Waals surface area (Å²) in [6, 6.07) is 4.23. The second-order valence-electron chi connectivity index (χ2n) is 4.60. The van der Waals surface area contributed by atoms with Crippen LogP contribution in [0.2, 0.25) is 0 Å². The topological polar surface area (TPSA) is 78.9 Å². The molecule has 1 aromatic rings. The number of carbonyl (C=O) groups is 2. The van der Waals surface area contributed by atoms with Crippen molar-refractivity contribution in [2.75, 3.05) is 37.0 Å². The van der Waals surface area contributed by atoms with E-state index >= 15 is 0 Å². The average Bonchev–Trinajstić information content (AvgIpc) is 2.76. The van der Waals surface area contributed by atoms with Gasteiger partial charge in [-0.15, -0.1) is 0 Å². The molecule has 6 nitrogen and oxygen atoms in total. The summed E-state index contributed by atoms with van der Waals surface area (Å²) in [7, 11) is 1.49. The number of amides is 2. The van der Waals surface area contributed by atoms with Crippen LogP contribution in [0.15, 0.2) is 18.2 Å². The third kappa shape index (κ3) is 4.04. The number of carboxylic acid groups (broad SMARTS) is 1. The largest absolute Gasteiger partial charge is 0.497 e. The molecule has 7 heteroatoms. The molecule has 1 aliphatic rings. The molecule has 1 fully saturated rings. The summed E-state index contributed by atoms with van der Waals surface area (Å²) in [4.78, 5) is 25.2.